The fourth-order valence-corrected chi connectivity index (χ4v) is 10.5. The third kappa shape index (κ3) is 6.64. The molecule has 0 aromatic heterocycles. The molecule has 2 nitrogen and oxygen atoms in total. The molecule has 2 heteroatoms. The number of para-hydroxylation sites is 1. The van der Waals surface area contributed by atoms with E-state index in [-0.39, 0.29) is 10.8 Å². The summed E-state index contributed by atoms with van der Waals surface area (Å²) in [4.78, 5) is 4.77. The number of benzene rings is 9. The van der Waals surface area contributed by atoms with Crippen molar-refractivity contribution in [1.82, 2.24) is 0 Å². The molecule has 9 aromatic rings. The summed E-state index contributed by atoms with van der Waals surface area (Å²) >= 11 is 0. The third-order valence-electron chi connectivity index (χ3n) is 14.2. The maximum absolute atomic E-state index is 2.41. The smallest absolute Gasteiger partial charge is 0.0488 e. The second kappa shape index (κ2) is 15.4. The first-order chi connectivity index (χ1) is 31.1. The number of hydrogen-bond acceptors (Lipinski definition) is 2. The standard InChI is InChI=1S/C62H52N2/c1-61(2)56-22-14-12-20-51(56)53-35-30-47(39-58(53)61)44-28-32-49(33-29-44)64(48-18-10-7-11-19-48)41-42-24-26-43(27-25-42)46-31-37-60(55(38-46)45-16-8-6-9-17-45)63(5)50-34-36-54-52-21-13-15-23-57(52)62(3,4)59(54)40-50/h6-40H,41H2,1-5H3. The van der Waals surface area contributed by atoms with Crippen LogP contribution in [0.15, 0.2) is 212 Å². The van der Waals surface area contributed by atoms with Gasteiger partial charge in [-0.25, -0.2) is 0 Å². The molecule has 64 heavy (non-hydrogen) atoms. The van der Waals surface area contributed by atoms with E-state index in [1.54, 1.807) is 0 Å². The number of rotatable bonds is 9. The Balaban J connectivity index is 0.873. The Hall–Kier alpha value is -7.42. The molecule has 0 bridgehead atoms. The summed E-state index contributed by atoms with van der Waals surface area (Å²) in [6, 6.07) is 78.4. The van der Waals surface area contributed by atoms with E-state index < -0.39 is 0 Å². The van der Waals surface area contributed by atoms with Crippen LogP contribution < -0.4 is 9.80 Å². The molecule has 11 rings (SSSR count). The average molecular weight is 825 g/mol. The highest BCUT2D eigenvalue weighted by Crippen LogP contribution is 2.51. The Labute approximate surface area is 378 Å². The second-order valence-corrected chi connectivity index (χ2v) is 18.7. The molecule has 0 spiro atoms. The zero-order chi connectivity index (χ0) is 43.6. The Morgan fingerprint density at radius 3 is 1.42 bits per heavy atom. The first-order valence-corrected chi connectivity index (χ1v) is 22.6. The van der Waals surface area contributed by atoms with Crippen LogP contribution in [-0.2, 0) is 17.4 Å². The first-order valence-electron chi connectivity index (χ1n) is 22.6. The number of anilines is 4. The van der Waals surface area contributed by atoms with E-state index in [0.29, 0.717) is 0 Å². The zero-order valence-corrected chi connectivity index (χ0v) is 37.3. The summed E-state index contributed by atoms with van der Waals surface area (Å²) < 4.78 is 0. The van der Waals surface area contributed by atoms with Gasteiger partial charge in [0.2, 0.25) is 0 Å². The lowest BCUT2D eigenvalue weighted by Gasteiger charge is -2.27. The van der Waals surface area contributed by atoms with E-state index in [1.807, 2.05) is 0 Å². The van der Waals surface area contributed by atoms with Crippen molar-refractivity contribution in [2.45, 2.75) is 45.1 Å². The van der Waals surface area contributed by atoms with Crippen LogP contribution in [0.25, 0.3) is 55.6 Å². The Bertz CT molecular complexity index is 3180. The van der Waals surface area contributed by atoms with Crippen LogP contribution in [0.5, 0.6) is 0 Å². The van der Waals surface area contributed by atoms with E-state index in [4.69, 9.17) is 0 Å². The predicted molar refractivity (Wildman–Crippen MR) is 271 cm³/mol. The van der Waals surface area contributed by atoms with Gasteiger partial charge in [-0.05, 0) is 132 Å². The van der Waals surface area contributed by atoms with Gasteiger partial charge in [0.1, 0.15) is 0 Å². The quantitative estimate of drug-likeness (QED) is 0.143. The lowest BCUT2D eigenvalue weighted by molar-refractivity contribution is 0.660. The second-order valence-electron chi connectivity index (χ2n) is 18.7. The highest BCUT2D eigenvalue weighted by atomic mass is 15.1. The van der Waals surface area contributed by atoms with Crippen LogP contribution in [0.3, 0.4) is 0 Å². The van der Waals surface area contributed by atoms with Gasteiger partial charge in [0.05, 0.1) is 0 Å². The molecule has 2 aliphatic carbocycles. The molecule has 310 valence electrons. The molecule has 0 fully saturated rings. The molecule has 0 unspecified atom stereocenters. The summed E-state index contributed by atoms with van der Waals surface area (Å²) in [5.74, 6) is 0. The van der Waals surface area contributed by atoms with E-state index in [2.05, 4.69) is 257 Å². The van der Waals surface area contributed by atoms with Crippen LogP contribution >= 0.6 is 0 Å². The van der Waals surface area contributed by atoms with Crippen LogP contribution in [0.2, 0.25) is 0 Å². The maximum Gasteiger partial charge on any atom is 0.0488 e. The first kappa shape index (κ1) is 39.4. The van der Waals surface area contributed by atoms with E-state index >= 15 is 0 Å². The molecular weight excluding hydrogens is 773 g/mol. The largest absolute Gasteiger partial charge is 0.344 e. The zero-order valence-electron chi connectivity index (χ0n) is 37.3. The molecule has 0 N–H and O–H groups in total. The summed E-state index contributed by atoms with van der Waals surface area (Å²) in [6.07, 6.45) is 0. The average Bonchev–Trinajstić information content (AvgIpc) is 3.72. The molecule has 0 amide bonds. The van der Waals surface area contributed by atoms with Crippen molar-refractivity contribution in [1.29, 1.82) is 0 Å². The number of hydrogen-bond donors (Lipinski definition) is 0. The lowest BCUT2D eigenvalue weighted by Crippen LogP contribution is -2.16. The van der Waals surface area contributed by atoms with Gasteiger partial charge < -0.3 is 9.80 Å². The van der Waals surface area contributed by atoms with Gasteiger partial charge >= 0.3 is 0 Å². The van der Waals surface area contributed by atoms with Crippen molar-refractivity contribution in [2.24, 2.45) is 0 Å². The SMILES string of the molecule is CN(c1ccc2c(c1)C(C)(C)c1ccccc1-2)c1ccc(-c2ccc(CN(c3ccccc3)c3ccc(-c4ccc5c(c4)C(C)(C)c4ccccc4-5)cc3)cc2)cc1-c1ccccc1. The van der Waals surface area contributed by atoms with Gasteiger partial charge in [0.15, 0.2) is 0 Å². The van der Waals surface area contributed by atoms with Gasteiger partial charge in [0.25, 0.3) is 0 Å². The summed E-state index contributed by atoms with van der Waals surface area (Å²) in [6.45, 7) is 10.1. The van der Waals surface area contributed by atoms with Gasteiger partial charge in [0, 0.05) is 52.7 Å². The van der Waals surface area contributed by atoms with Crippen molar-refractivity contribution in [2.75, 3.05) is 16.8 Å². The monoisotopic (exact) mass is 824 g/mol. The highest BCUT2D eigenvalue weighted by molar-refractivity contribution is 5.89. The van der Waals surface area contributed by atoms with Gasteiger partial charge in [-0.1, -0.05) is 185 Å². The molecule has 0 aliphatic heterocycles. The van der Waals surface area contributed by atoms with Crippen molar-refractivity contribution in [3.63, 3.8) is 0 Å². The van der Waals surface area contributed by atoms with Crippen molar-refractivity contribution < 1.29 is 0 Å². The highest BCUT2D eigenvalue weighted by Gasteiger charge is 2.36. The molecule has 2 aliphatic rings. The van der Waals surface area contributed by atoms with Gasteiger partial charge in [-0.2, -0.15) is 0 Å². The molecular formula is C62H52N2. The molecule has 9 aromatic carbocycles. The number of fused-ring (bicyclic) bond motifs is 6. The van der Waals surface area contributed by atoms with Crippen molar-refractivity contribution in [3.05, 3.63) is 240 Å². The minimum atomic E-state index is -0.0568. The summed E-state index contributed by atoms with van der Waals surface area (Å²) in [7, 11) is 2.20. The van der Waals surface area contributed by atoms with Crippen molar-refractivity contribution >= 4 is 22.7 Å². The normalized spacial score (nSPS) is 13.7. The van der Waals surface area contributed by atoms with Crippen LogP contribution in [-0.4, -0.2) is 7.05 Å². The molecule has 0 radical (unpaired) electrons. The fourth-order valence-electron chi connectivity index (χ4n) is 10.5. The topological polar surface area (TPSA) is 6.48 Å². The minimum Gasteiger partial charge on any atom is -0.344 e. The Morgan fingerprint density at radius 2 is 0.781 bits per heavy atom. The van der Waals surface area contributed by atoms with Gasteiger partial charge in [-0.15, -0.1) is 0 Å². The van der Waals surface area contributed by atoms with Crippen LogP contribution in [0.1, 0.15) is 55.5 Å². The summed E-state index contributed by atoms with van der Waals surface area (Å²) in [5.41, 5.74) is 24.1. The molecule has 0 saturated heterocycles. The van der Waals surface area contributed by atoms with Gasteiger partial charge in [-0.3, -0.25) is 0 Å². The maximum atomic E-state index is 2.41. The Kier molecular flexibility index (Phi) is 9.51. The molecule has 0 saturated carbocycles. The van der Waals surface area contributed by atoms with Crippen LogP contribution in [0, 0.1) is 0 Å². The third-order valence-corrected chi connectivity index (χ3v) is 14.2. The number of nitrogens with zero attached hydrogens (tertiary/aromatic N) is 2. The molecule has 0 heterocycles. The molecule has 0 atom stereocenters. The fraction of sp³-hybridized carbons (Fsp3) is 0.129. The van der Waals surface area contributed by atoms with Crippen molar-refractivity contribution in [3.8, 4) is 55.6 Å². The predicted octanol–water partition coefficient (Wildman–Crippen LogP) is 16.4. The van der Waals surface area contributed by atoms with E-state index in [1.165, 1.54) is 101 Å². The summed E-state index contributed by atoms with van der Waals surface area (Å²) in [5, 5.41) is 0. The van der Waals surface area contributed by atoms with Crippen LogP contribution in [0.4, 0.5) is 22.7 Å². The Morgan fingerprint density at radius 1 is 0.328 bits per heavy atom. The van der Waals surface area contributed by atoms with E-state index in [0.717, 1.165) is 12.2 Å². The minimum absolute atomic E-state index is 0.0269. The van der Waals surface area contributed by atoms with E-state index in [9.17, 15) is 0 Å². The lowest BCUT2D eigenvalue weighted by atomic mass is 9.81.